The van der Waals surface area contributed by atoms with Crippen LogP contribution in [0.5, 0.6) is 0 Å². The van der Waals surface area contributed by atoms with Crippen LogP contribution in [0.4, 0.5) is 0 Å². The van der Waals surface area contributed by atoms with Crippen molar-refractivity contribution in [3.05, 3.63) is 114 Å². The predicted octanol–water partition coefficient (Wildman–Crippen LogP) is 9.33. The first-order valence-corrected chi connectivity index (χ1v) is 13.6. The van der Waals surface area contributed by atoms with E-state index in [-0.39, 0.29) is 0 Å². The first-order chi connectivity index (χ1) is 18.4. The molecule has 0 radical (unpaired) electrons. The maximum Gasteiger partial charge on any atom is 0.213 e. The molecule has 184 valence electrons. The molecule has 0 spiro atoms. The van der Waals surface area contributed by atoms with Gasteiger partial charge in [0.15, 0.2) is 6.20 Å². The first kappa shape index (κ1) is 22.5. The van der Waals surface area contributed by atoms with Crippen LogP contribution in [0, 0.1) is 13.8 Å². The largest absolute Gasteiger partial charge is 0.213 e. The topological polar surface area (TPSA) is 3.88 Å². The third kappa shape index (κ3) is 4.71. The molecule has 1 aliphatic carbocycles. The average molecular weight is 484 g/mol. The molecule has 6 rings (SSSR count). The van der Waals surface area contributed by atoms with E-state index in [4.69, 9.17) is 0 Å². The number of nitrogens with zero attached hydrogens (tertiary/aromatic N) is 1. The number of aryl methyl sites for hydroxylation is 3. The van der Waals surface area contributed by atoms with Crippen LogP contribution >= 0.6 is 0 Å². The number of aromatic nitrogens is 1. The van der Waals surface area contributed by atoms with E-state index >= 15 is 0 Å². The molecule has 5 aromatic rings. The van der Waals surface area contributed by atoms with Gasteiger partial charge >= 0.3 is 0 Å². The molecule has 0 atom stereocenters. The van der Waals surface area contributed by atoms with Gasteiger partial charge in [-0.3, -0.25) is 0 Å². The lowest BCUT2D eigenvalue weighted by molar-refractivity contribution is -0.660. The highest BCUT2D eigenvalue weighted by atomic mass is 14.9. The molecule has 0 bridgehead atoms. The number of hydrogen-bond acceptors (Lipinski definition) is 0. The van der Waals surface area contributed by atoms with Gasteiger partial charge in [0.1, 0.15) is 7.05 Å². The van der Waals surface area contributed by atoms with Crippen LogP contribution < -0.4 is 4.57 Å². The highest BCUT2D eigenvalue weighted by Crippen LogP contribution is 2.40. The summed E-state index contributed by atoms with van der Waals surface area (Å²) in [4.78, 5) is 0. The van der Waals surface area contributed by atoms with Gasteiger partial charge in [-0.2, -0.15) is 0 Å². The second-order valence-corrected chi connectivity index (χ2v) is 10.7. The van der Waals surface area contributed by atoms with E-state index in [0.717, 1.165) is 31.2 Å². The fourth-order valence-corrected chi connectivity index (χ4v) is 5.88. The minimum Gasteiger partial charge on any atom is -0.201 e. The van der Waals surface area contributed by atoms with Gasteiger partial charge in [-0.15, -0.1) is 0 Å². The Morgan fingerprint density at radius 2 is 1.32 bits per heavy atom. The van der Waals surface area contributed by atoms with Gasteiger partial charge in [0, 0.05) is 18.6 Å². The minimum absolute atomic E-state index is 0.542. The van der Waals surface area contributed by atoms with Gasteiger partial charge in [-0.1, -0.05) is 91.6 Å². The monoisotopic (exact) mass is 483 g/mol. The molecule has 0 aliphatic heterocycles. The molecule has 0 N–H and O–H groups in total. The highest BCUT2D eigenvalue weighted by Gasteiger charge is 2.25. The average Bonchev–Trinajstić information content (AvgIpc) is 2.94. The van der Waals surface area contributed by atoms with Crippen LogP contribution in [0.15, 0.2) is 97.2 Å². The third-order valence-corrected chi connectivity index (χ3v) is 8.07. The Morgan fingerprint density at radius 3 is 2.05 bits per heavy atom. The fraction of sp³-hybridized carbons (Fsp3) is 0.250. The zero-order chi connectivity index (χ0) is 26.3. The Hall–Kier alpha value is -3.71. The lowest BCUT2D eigenvalue weighted by Gasteiger charge is -2.24. The number of rotatable bonds is 4. The quantitative estimate of drug-likeness (QED) is 0.224. The van der Waals surface area contributed by atoms with Crippen molar-refractivity contribution in [3.8, 4) is 33.5 Å². The summed E-state index contributed by atoms with van der Waals surface area (Å²) in [6.07, 6.45) is 7.61. The summed E-state index contributed by atoms with van der Waals surface area (Å²) in [6.45, 7) is 4.31. The zero-order valence-electron chi connectivity index (χ0n) is 23.2. The SMILES string of the molecule is [2H]C1(c2c[n+](C)c(-c3ccccc3C)cc2-c2ccc3cc(-c4ccc(C)cc4)ccc3c2)CCCCC1. The molecule has 1 saturated carbocycles. The molecule has 1 aliphatic rings. The number of fused-ring (bicyclic) bond motifs is 1. The number of hydrogen-bond donors (Lipinski definition) is 0. The van der Waals surface area contributed by atoms with E-state index in [0.29, 0.717) is 0 Å². The molecule has 0 saturated heterocycles. The highest BCUT2D eigenvalue weighted by molar-refractivity contribution is 5.91. The van der Waals surface area contributed by atoms with Gasteiger partial charge in [-0.25, -0.2) is 4.57 Å². The van der Waals surface area contributed by atoms with Crippen LogP contribution in [0.1, 0.15) is 56.1 Å². The Bertz CT molecular complexity index is 1620. The van der Waals surface area contributed by atoms with Crippen molar-refractivity contribution in [3.63, 3.8) is 0 Å². The van der Waals surface area contributed by atoms with Crippen molar-refractivity contribution in [1.29, 1.82) is 0 Å². The van der Waals surface area contributed by atoms with E-state index in [1.54, 1.807) is 0 Å². The smallest absolute Gasteiger partial charge is 0.201 e. The predicted molar refractivity (Wildman–Crippen MR) is 157 cm³/mol. The summed E-state index contributed by atoms with van der Waals surface area (Å²) in [5.74, 6) is -0.542. The van der Waals surface area contributed by atoms with E-state index in [9.17, 15) is 1.37 Å². The van der Waals surface area contributed by atoms with Crippen LogP contribution in [-0.4, -0.2) is 0 Å². The third-order valence-electron chi connectivity index (χ3n) is 8.07. The van der Waals surface area contributed by atoms with E-state index in [1.165, 1.54) is 61.8 Å². The fourth-order valence-electron chi connectivity index (χ4n) is 5.88. The van der Waals surface area contributed by atoms with Crippen LogP contribution in [0.3, 0.4) is 0 Å². The van der Waals surface area contributed by atoms with E-state index in [1.807, 2.05) is 0 Å². The summed E-state index contributed by atoms with van der Waals surface area (Å²) in [6, 6.07) is 33.3. The first-order valence-electron chi connectivity index (χ1n) is 14.1. The van der Waals surface area contributed by atoms with Gasteiger partial charge < -0.3 is 0 Å². The molecule has 1 nitrogen and oxygen atoms in total. The molecule has 4 aromatic carbocycles. The van der Waals surface area contributed by atoms with Crippen molar-refractivity contribution < 1.29 is 5.94 Å². The van der Waals surface area contributed by atoms with Gasteiger partial charge in [-0.05, 0) is 89.4 Å². The second kappa shape index (κ2) is 9.98. The van der Waals surface area contributed by atoms with Crippen molar-refractivity contribution >= 4 is 10.8 Å². The van der Waals surface area contributed by atoms with Gasteiger partial charge in [0.2, 0.25) is 5.69 Å². The molecular weight excluding hydrogens is 446 g/mol. The summed E-state index contributed by atoms with van der Waals surface area (Å²) in [5, 5.41) is 2.48. The normalized spacial score (nSPS) is 15.5. The minimum atomic E-state index is -0.542. The standard InChI is InChI=1S/C36H36N/c1-25-13-15-27(16-14-25)29-17-18-31-22-32(20-19-30(31)21-29)34-23-36(33-12-8-7-9-26(33)2)37(3)24-35(34)28-10-5-4-6-11-28/h7-9,12-24,28H,4-6,10-11H2,1-3H3/q+1/i28D. The maximum absolute atomic E-state index is 9.55. The number of benzene rings is 4. The summed E-state index contributed by atoms with van der Waals surface area (Å²) in [5.41, 5.74) is 11.0. The van der Waals surface area contributed by atoms with Gasteiger partial charge in [0.05, 0.1) is 0 Å². The summed E-state index contributed by atoms with van der Waals surface area (Å²) >= 11 is 0. The Kier molecular flexibility index (Phi) is 6.06. The second-order valence-electron chi connectivity index (χ2n) is 10.7. The molecule has 37 heavy (non-hydrogen) atoms. The molecule has 1 heterocycles. The lowest BCUT2D eigenvalue weighted by Crippen LogP contribution is -2.32. The van der Waals surface area contributed by atoms with E-state index < -0.39 is 5.89 Å². The number of pyridine rings is 1. The van der Waals surface area contributed by atoms with Gasteiger partial charge in [0.25, 0.3) is 0 Å². The Labute approximate surface area is 222 Å². The van der Waals surface area contributed by atoms with E-state index in [2.05, 4.69) is 123 Å². The van der Waals surface area contributed by atoms with Crippen molar-refractivity contribution in [1.82, 2.24) is 0 Å². The molecule has 1 aromatic heterocycles. The van der Waals surface area contributed by atoms with Crippen LogP contribution in [0.2, 0.25) is 0 Å². The van der Waals surface area contributed by atoms with Crippen molar-refractivity contribution in [2.75, 3.05) is 0 Å². The zero-order valence-corrected chi connectivity index (χ0v) is 22.2. The van der Waals surface area contributed by atoms with Crippen molar-refractivity contribution in [2.24, 2.45) is 7.05 Å². The molecular formula is C36H36N+. The molecule has 0 unspecified atom stereocenters. The van der Waals surface area contributed by atoms with Crippen LogP contribution in [0.25, 0.3) is 44.3 Å². The van der Waals surface area contributed by atoms with Crippen LogP contribution in [-0.2, 0) is 7.05 Å². The Morgan fingerprint density at radius 1 is 0.676 bits per heavy atom. The molecule has 0 amide bonds. The van der Waals surface area contributed by atoms with Crippen molar-refractivity contribution in [2.45, 2.75) is 51.8 Å². The lowest BCUT2D eigenvalue weighted by atomic mass is 9.81. The summed E-state index contributed by atoms with van der Waals surface area (Å²) < 4.78 is 11.8. The Balaban J connectivity index is 1.50. The molecule has 1 fully saturated rings. The summed E-state index contributed by atoms with van der Waals surface area (Å²) in [7, 11) is 2.13. The maximum atomic E-state index is 9.55. The molecule has 1 heteroatoms.